The highest BCUT2D eigenvalue weighted by Gasteiger charge is 2.38. The van der Waals surface area contributed by atoms with Crippen molar-refractivity contribution in [1.82, 2.24) is 15.0 Å². The van der Waals surface area contributed by atoms with Crippen LogP contribution in [0.2, 0.25) is 0 Å². The van der Waals surface area contributed by atoms with Crippen LogP contribution in [0.1, 0.15) is 22.9 Å². The van der Waals surface area contributed by atoms with Gasteiger partial charge in [0.15, 0.2) is 5.76 Å². The molecular formula is C23H21N3O3. The fraction of sp³-hybridized carbons (Fsp3) is 0.261. The van der Waals surface area contributed by atoms with E-state index in [0.717, 1.165) is 17.5 Å². The second-order valence-corrected chi connectivity index (χ2v) is 7.55. The van der Waals surface area contributed by atoms with E-state index in [1.54, 1.807) is 11.0 Å². The van der Waals surface area contributed by atoms with Crippen LogP contribution in [0.15, 0.2) is 65.2 Å². The minimum Gasteiger partial charge on any atom is -0.356 e. The van der Waals surface area contributed by atoms with Crippen LogP contribution in [-0.4, -0.2) is 46.4 Å². The number of piperazine rings is 1. The number of hydrogen-bond donors (Lipinski definition) is 0. The van der Waals surface area contributed by atoms with E-state index < -0.39 is 0 Å². The van der Waals surface area contributed by atoms with Crippen LogP contribution in [-0.2, 0) is 22.4 Å². The molecule has 2 aliphatic heterocycles. The molecule has 2 amide bonds. The Morgan fingerprint density at radius 1 is 1.10 bits per heavy atom. The zero-order valence-corrected chi connectivity index (χ0v) is 16.0. The number of amides is 2. The molecule has 1 saturated heterocycles. The van der Waals surface area contributed by atoms with Gasteiger partial charge in [-0.15, -0.1) is 0 Å². The van der Waals surface area contributed by atoms with Gasteiger partial charge >= 0.3 is 0 Å². The molecule has 3 heterocycles. The van der Waals surface area contributed by atoms with Gasteiger partial charge in [-0.3, -0.25) is 9.59 Å². The summed E-state index contributed by atoms with van der Waals surface area (Å²) < 4.78 is 5.40. The molecule has 3 aromatic rings. The first kappa shape index (κ1) is 17.7. The minimum atomic E-state index is -0.103. The lowest BCUT2D eigenvalue weighted by atomic mass is 9.90. The Morgan fingerprint density at radius 3 is 2.76 bits per heavy atom. The van der Waals surface area contributed by atoms with E-state index in [1.165, 1.54) is 5.56 Å². The third kappa shape index (κ3) is 3.31. The smallest absolute Gasteiger partial charge is 0.242 e. The molecule has 29 heavy (non-hydrogen) atoms. The Bertz CT molecular complexity index is 1060. The zero-order chi connectivity index (χ0) is 19.8. The molecule has 0 bridgehead atoms. The number of fused-ring (bicyclic) bond motifs is 3. The summed E-state index contributed by atoms with van der Waals surface area (Å²) in [4.78, 5) is 29.2. The van der Waals surface area contributed by atoms with Crippen LogP contribution in [0.4, 0.5) is 0 Å². The summed E-state index contributed by atoms with van der Waals surface area (Å²) in [6.45, 7) is 1.36. The second kappa shape index (κ2) is 7.20. The first-order chi connectivity index (χ1) is 14.2. The van der Waals surface area contributed by atoms with Gasteiger partial charge in [0, 0.05) is 24.7 Å². The number of aromatic nitrogens is 1. The summed E-state index contributed by atoms with van der Waals surface area (Å²) in [6, 6.07) is 19.6. The van der Waals surface area contributed by atoms with Crippen molar-refractivity contribution in [2.75, 3.05) is 19.6 Å². The van der Waals surface area contributed by atoms with Crippen LogP contribution >= 0.6 is 0 Å². The molecule has 0 N–H and O–H groups in total. The molecule has 0 radical (unpaired) electrons. The Kier molecular flexibility index (Phi) is 4.39. The van der Waals surface area contributed by atoms with E-state index in [0.29, 0.717) is 24.5 Å². The van der Waals surface area contributed by atoms with Gasteiger partial charge in [0.2, 0.25) is 11.8 Å². The van der Waals surface area contributed by atoms with Gasteiger partial charge in [-0.2, -0.15) is 0 Å². The van der Waals surface area contributed by atoms with Gasteiger partial charge in [0.25, 0.3) is 0 Å². The van der Waals surface area contributed by atoms with Crippen molar-refractivity contribution >= 4 is 11.8 Å². The molecule has 0 aliphatic carbocycles. The first-order valence-electron chi connectivity index (χ1n) is 9.85. The normalized spacial score (nSPS) is 18.3. The molecule has 1 aromatic heterocycles. The van der Waals surface area contributed by atoms with Crippen LogP contribution < -0.4 is 0 Å². The quantitative estimate of drug-likeness (QED) is 0.693. The molecule has 2 aromatic carbocycles. The van der Waals surface area contributed by atoms with Crippen molar-refractivity contribution in [3.8, 4) is 11.3 Å². The van der Waals surface area contributed by atoms with Crippen LogP contribution in [0, 0.1) is 0 Å². The molecule has 6 nitrogen and oxygen atoms in total. The van der Waals surface area contributed by atoms with E-state index in [1.807, 2.05) is 47.4 Å². The summed E-state index contributed by atoms with van der Waals surface area (Å²) in [5, 5.41) is 4.05. The Hall–Kier alpha value is -3.41. The average molecular weight is 387 g/mol. The molecule has 1 unspecified atom stereocenters. The highest BCUT2D eigenvalue weighted by Crippen LogP contribution is 2.33. The fourth-order valence-corrected chi connectivity index (χ4v) is 4.26. The maximum absolute atomic E-state index is 12.9. The maximum Gasteiger partial charge on any atom is 0.242 e. The van der Waals surface area contributed by atoms with Crippen LogP contribution in [0.25, 0.3) is 11.3 Å². The van der Waals surface area contributed by atoms with Gasteiger partial charge in [0.05, 0.1) is 24.7 Å². The molecule has 2 aliphatic rings. The van der Waals surface area contributed by atoms with Gasteiger partial charge < -0.3 is 14.3 Å². The van der Waals surface area contributed by atoms with E-state index in [9.17, 15) is 9.59 Å². The Labute approximate surface area is 168 Å². The third-order valence-corrected chi connectivity index (χ3v) is 5.75. The van der Waals surface area contributed by atoms with E-state index in [-0.39, 0.29) is 30.8 Å². The fourth-order valence-electron chi connectivity index (χ4n) is 4.26. The molecule has 1 fully saturated rings. The zero-order valence-electron chi connectivity index (χ0n) is 16.0. The van der Waals surface area contributed by atoms with E-state index in [2.05, 4.69) is 17.3 Å². The molecular weight excluding hydrogens is 366 g/mol. The van der Waals surface area contributed by atoms with Crippen molar-refractivity contribution in [2.45, 2.75) is 18.9 Å². The number of carbonyl (C=O) groups is 2. The number of nitrogens with zero attached hydrogens (tertiary/aromatic N) is 3. The third-order valence-electron chi connectivity index (χ3n) is 5.75. The largest absolute Gasteiger partial charge is 0.356 e. The predicted molar refractivity (Wildman–Crippen MR) is 107 cm³/mol. The van der Waals surface area contributed by atoms with E-state index >= 15 is 0 Å². The van der Waals surface area contributed by atoms with Crippen molar-refractivity contribution in [3.63, 3.8) is 0 Å². The molecule has 1 atom stereocenters. The maximum atomic E-state index is 12.9. The van der Waals surface area contributed by atoms with Crippen molar-refractivity contribution in [1.29, 1.82) is 0 Å². The highest BCUT2D eigenvalue weighted by molar-refractivity contribution is 5.87. The summed E-state index contributed by atoms with van der Waals surface area (Å²) in [7, 11) is 0. The summed E-state index contributed by atoms with van der Waals surface area (Å²) in [5.41, 5.74) is 3.91. The van der Waals surface area contributed by atoms with Crippen molar-refractivity contribution in [3.05, 3.63) is 77.5 Å². The van der Waals surface area contributed by atoms with Gasteiger partial charge in [-0.1, -0.05) is 59.8 Å². The van der Waals surface area contributed by atoms with Gasteiger partial charge in [0.1, 0.15) is 0 Å². The van der Waals surface area contributed by atoms with E-state index in [4.69, 9.17) is 4.52 Å². The Balaban J connectivity index is 1.32. The number of hydrogen-bond acceptors (Lipinski definition) is 4. The number of benzene rings is 2. The topological polar surface area (TPSA) is 66.7 Å². The van der Waals surface area contributed by atoms with Crippen LogP contribution in [0.3, 0.4) is 0 Å². The first-order valence-corrected chi connectivity index (χ1v) is 9.85. The molecule has 0 spiro atoms. The number of rotatable bonds is 3. The molecule has 146 valence electrons. The lowest BCUT2D eigenvalue weighted by Gasteiger charge is -2.44. The lowest BCUT2D eigenvalue weighted by molar-refractivity contribution is -0.149. The van der Waals surface area contributed by atoms with Crippen LogP contribution in [0.5, 0.6) is 0 Å². The summed E-state index contributed by atoms with van der Waals surface area (Å²) in [6.07, 6.45) is 0.992. The molecule has 0 saturated carbocycles. The lowest BCUT2D eigenvalue weighted by Crippen LogP contribution is -2.55. The SMILES string of the molecule is O=C(Cc1cc(-c2ccccc2)on1)N1CC(=O)N2CCc3ccccc3C2C1. The van der Waals surface area contributed by atoms with Gasteiger partial charge in [-0.05, 0) is 17.5 Å². The van der Waals surface area contributed by atoms with Gasteiger partial charge in [-0.25, -0.2) is 0 Å². The second-order valence-electron chi connectivity index (χ2n) is 7.55. The molecule has 5 rings (SSSR count). The minimum absolute atomic E-state index is 0.00855. The predicted octanol–water partition coefficient (Wildman–Crippen LogP) is 2.85. The monoisotopic (exact) mass is 387 g/mol. The van der Waals surface area contributed by atoms with Crippen molar-refractivity contribution in [2.24, 2.45) is 0 Å². The summed E-state index contributed by atoms with van der Waals surface area (Å²) in [5.74, 6) is 0.540. The average Bonchev–Trinajstić information content (AvgIpc) is 3.22. The number of carbonyl (C=O) groups excluding carboxylic acids is 2. The standard InChI is InChI=1S/C23H21N3O3/c27-22(13-18-12-21(29-24-18)17-7-2-1-3-8-17)25-14-20-19-9-5-4-6-16(19)10-11-26(20)23(28)15-25/h1-9,12,20H,10-11,13-15H2. The summed E-state index contributed by atoms with van der Waals surface area (Å²) >= 11 is 0. The molecule has 6 heteroatoms. The van der Waals surface area contributed by atoms with Crippen molar-refractivity contribution < 1.29 is 14.1 Å². The Morgan fingerprint density at radius 2 is 1.90 bits per heavy atom. The highest BCUT2D eigenvalue weighted by atomic mass is 16.5.